The lowest BCUT2D eigenvalue weighted by molar-refractivity contribution is 1.06. The SMILES string of the molecule is Cc1ccc2c(c1)c1cc(N(c3ccccc3)c3ccccc3)ccc1n2-c1c(-c2cccc(-c3ccc(N4c5ccccc5B5c6ccccc6N(c6ccccc6)c6cccc4c65)cc3)c2)cccc1-c1nc(-c2ccccc2)nc(-c2ccccc2)n1. The van der Waals surface area contributed by atoms with Crippen LogP contribution in [0.1, 0.15) is 5.56 Å². The highest BCUT2D eigenvalue weighted by Gasteiger charge is 2.43. The molecule has 2 aliphatic heterocycles. The number of para-hydroxylation sites is 6. The molecule has 0 atom stereocenters. The Morgan fingerprint density at radius 3 is 1.38 bits per heavy atom. The molecule has 0 unspecified atom stereocenters. The van der Waals surface area contributed by atoms with Gasteiger partial charge in [0.05, 0.1) is 16.7 Å². The molecule has 0 amide bonds. The van der Waals surface area contributed by atoms with Crippen LogP contribution in [-0.4, -0.2) is 26.2 Å². The molecule has 0 bridgehead atoms. The van der Waals surface area contributed by atoms with Crippen molar-refractivity contribution in [3.63, 3.8) is 0 Å². The number of aryl methyl sites for hydroxylation is 1. The molecule has 0 saturated carbocycles. The summed E-state index contributed by atoms with van der Waals surface area (Å²) in [6.07, 6.45) is 0. The highest BCUT2D eigenvalue weighted by Crippen LogP contribution is 2.47. The fraction of sp³-hybridized carbons (Fsp3) is 0.0122. The van der Waals surface area contributed by atoms with Crippen molar-refractivity contribution >= 4 is 96.1 Å². The fourth-order valence-corrected chi connectivity index (χ4v) is 13.9. The van der Waals surface area contributed by atoms with Crippen LogP contribution in [0.2, 0.25) is 0 Å². The third kappa shape index (κ3) is 8.87. The molecule has 13 aromatic carbocycles. The van der Waals surface area contributed by atoms with Crippen molar-refractivity contribution in [3.8, 4) is 62.1 Å². The molecular weight excluding hydrogens is 1090 g/mol. The average molecular weight is 1150 g/mol. The zero-order valence-corrected chi connectivity index (χ0v) is 49.3. The summed E-state index contributed by atoms with van der Waals surface area (Å²) in [6, 6.07) is 116. The smallest absolute Gasteiger partial charge is 0.252 e. The van der Waals surface area contributed by atoms with Crippen LogP contribution < -0.4 is 31.1 Å². The Hall–Kier alpha value is -11.9. The van der Waals surface area contributed by atoms with E-state index in [4.69, 9.17) is 15.0 Å². The highest BCUT2D eigenvalue weighted by molar-refractivity contribution is 7.00. The summed E-state index contributed by atoms with van der Waals surface area (Å²) in [5.74, 6) is 1.78. The Labute approximate surface area is 523 Å². The van der Waals surface area contributed by atoms with E-state index in [1.165, 1.54) is 44.7 Å². The van der Waals surface area contributed by atoms with E-state index >= 15 is 0 Å². The van der Waals surface area contributed by atoms with E-state index < -0.39 is 0 Å². The van der Waals surface area contributed by atoms with Crippen LogP contribution in [0, 0.1) is 6.92 Å². The van der Waals surface area contributed by atoms with Crippen LogP contribution >= 0.6 is 0 Å². The molecule has 15 aromatic rings. The third-order valence-corrected chi connectivity index (χ3v) is 17.8. The van der Waals surface area contributed by atoms with Crippen LogP contribution in [0.5, 0.6) is 0 Å². The van der Waals surface area contributed by atoms with Crippen LogP contribution in [0.4, 0.5) is 51.2 Å². The molecule has 4 heterocycles. The summed E-state index contributed by atoms with van der Waals surface area (Å²) in [4.78, 5) is 23.2. The van der Waals surface area contributed by atoms with Gasteiger partial charge in [0.1, 0.15) is 0 Å². The molecule has 0 spiro atoms. The minimum atomic E-state index is 0.0703. The van der Waals surface area contributed by atoms with E-state index in [0.29, 0.717) is 17.5 Å². The van der Waals surface area contributed by atoms with Gasteiger partial charge in [-0.1, -0.05) is 212 Å². The second-order valence-corrected chi connectivity index (χ2v) is 23.2. The number of fused-ring (bicyclic) bond motifs is 7. The van der Waals surface area contributed by atoms with E-state index in [1.54, 1.807) is 0 Å². The molecule has 8 heteroatoms. The molecule has 2 aromatic heterocycles. The summed E-state index contributed by atoms with van der Waals surface area (Å²) in [5.41, 5.74) is 25.4. The molecule has 0 aliphatic carbocycles. The first kappa shape index (κ1) is 52.5. The summed E-state index contributed by atoms with van der Waals surface area (Å²) in [6.45, 7) is 2.25. The Morgan fingerprint density at radius 1 is 0.311 bits per heavy atom. The predicted octanol–water partition coefficient (Wildman–Crippen LogP) is 19.2. The lowest BCUT2D eigenvalue weighted by atomic mass is 9.33. The molecule has 90 heavy (non-hydrogen) atoms. The van der Waals surface area contributed by atoms with Gasteiger partial charge in [-0.15, -0.1) is 0 Å². The maximum absolute atomic E-state index is 5.42. The number of aromatic nitrogens is 4. The van der Waals surface area contributed by atoms with E-state index in [9.17, 15) is 0 Å². The van der Waals surface area contributed by atoms with Crippen molar-refractivity contribution in [2.24, 2.45) is 0 Å². The number of nitrogens with zero attached hydrogens (tertiary/aromatic N) is 7. The van der Waals surface area contributed by atoms with E-state index in [-0.39, 0.29) is 6.71 Å². The van der Waals surface area contributed by atoms with E-state index in [0.717, 1.165) is 94.9 Å². The van der Waals surface area contributed by atoms with E-state index in [1.807, 2.05) is 36.4 Å². The molecule has 7 nitrogen and oxygen atoms in total. The summed E-state index contributed by atoms with van der Waals surface area (Å²) in [5, 5.41) is 2.28. The van der Waals surface area contributed by atoms with Gasteiger partial charge >= 0.3 is 0 Å². The fourth-order valence-electron chi connectivity index (χ4n) is 13.9. The molecule has 0 radical (unpaired) electrons. The number of benzene rings is 13. The first-order chi connectivity index (χ1) is 44.6. The first-order valence-corrected chi connectivity index (χ1v) is 30.7. The minimum absolute atomic E-state index is 0.0703. The first-order valence-electron chi connectivity index (χ1n) is 30.7. The third-order valence-electron chi connectivity index (χ3n) is 17.8. The van der Waals surface area contributed by atoms with Crippen molar-refractivity contribution in [1.82, 2.24) is 19.5 Å². The quantitative estimate of drug-likeness (QED) is 0.120. The van der Waals surface area contributed by atoms with Gasteiger partial charge in [0.25, 0.3) is 6.71 Å². The van der Waals surface area contributed by atoms with Gasteiger partial charge in [-0.3, -0.25) is 0 Å². The number of hydrogen-bond donors (Lipinski definition) is 0. The van der Waals surface area contributed by atoms with Gasteiger partial charge in [0, 0.05) is 84.2 Å². The molecular formula is C82H56BN7. The molecule has 17 rings (SSSR count). The lowest BCUT2D eigenvalue weighted by Gasteiger charge is -2.44. The Balaban J connectivity index is 0.836. The Bertz CT molecular complexity index is 5110. The van der Waals surface area contributed by atoms with Gasteiger partial charge in [-0.25, -0.2) is 15.0 Å². The minimum Gasteiger partial charge on any atom is -0.311 e. The molecule has 2 aliphatic rings. The zero-order chi connectivity index (χ0) is 59.7. The van der Waals surface area contributed by atoms with Crippen LogP contribution in [0.15, 0.2) is 322 Å². The summed E-state index contributed by atoms with van der Waals surface area (Å²) in [7, 11) is 0. The summed E-state index contributed by atoms with van der Waals surface area (Å²) >= 11 is 0. The van der Waals surface area contributed by atoms with Crippen molar-refractivity contribution in [2.75, 3.05) is 14.7 Å². The zero-order valence-electron chi connectivity index (χ0n) is 49.3. The topological polar surface area (TPSA) is 53.3 Å². The van der Waals surface area contributed by atoms with Gasteiger partial charge < -0.3 is 19.3 Å². The molecule has 0 saturated heterocycles. The van der Waals surface area contributed by atoms with Crippen molar-refractivity contribution in [1.29, 1.82) is 0 Å². The van der Waals surface area contributed by atoms with Gasteiger partial charge in [0.15, 0.2) is 17.5 Å². The largest absolute Gasteiger partial charge is 0.311 e. The van der Waals surface area contributed by atoms with Crippen LogP contribution in [-0.2, 0) is 0 Å². The highest BCUT2D eigenvalue weighted by atomic mass is 15.2. The standard InChI is InChI=1S/C82H56BN7/c1-55-44-50-72-68(52-55)69-54-65(87(61-30-11-4-12-31-61)62-32-13-5-14-33-62)49-51-73(69)90(72)79-66(36-22-37-67(79)82-85-80(57-24-7-2-8-25-57)84-81(86-82)58-26-9-3-10-27-58)60-29-21-28-59(53-60)56-45-47-64(48-46-56)89-75-41-20-18-39-71(75)83-70-38-17-19-40-74(70)88(63-34-15-6-16-35-63)76-42-23-43-77(89)78(76)83/h2-54H,1H3. The van der Waals surface area contributed by atoms with E-state index in [2.05, 4.69) is 311 Å². The van der Waals surface area contributed by atoms with Crippen molar-refractivity contribution < 1.29 is 0 Å². The number of rotatable bonds is 11. The van der Waals surface area contributed by atoms with Crippen molar-refractivity contribution in [3.05, 3.63) is 327 Å². The Morgan fingerprint density at radius 2 is 0.767 bits per heavy atom. The second-order valence-electron chi connectivity index (χ2n) is 23.2. The van der Waals surface area contributed by atoms with Crippen molar-refractivity contribution in [2.45, 2.75) is 6.92 Å². The monoisotopic (exact) mass is 1150 g/mol. The number of hydrogen-bond acceptors (Lipinski definition) is 6. The normalized spacial score (nSPS) is 12.2. The maximum Gasteiger partial charge on any atom is 0.252 e. The molecule has 0 N–H and O–H groups in total. The van der Waals surface area contributed by atoms with Gasteiger partial charge in [0.2, 0.25) is 0 Å². The maximum atomic E-state index is 5.42. The lowest BCUT2D eigenvalue weighted by Crippen LogP contribution is -2.61. The Kier molecular flexibility index (Phi) is 12.7. The van der Waals surface area contributed by atoms with Crippen LogP contribution in [0.25, 0.3) is 83.9 Å². The average Bonchev–Trinajstić information content (AvgIpc) is 0.768. The molecule has 422 valence electrons. The number of anilines is 9. The van der Waals surface area contributed by atoms with Crippen LogP contribution in [0.3, 0.4) is 0 Å². The second kappa shape index (κ2) is 21.8. The summed E-state index contributed by atoms with van der Waals surface area (Å²) < 4.78 is 2.45. The van der Waals surface area contributed by atoms with Gasteiger partial charge in [-0.05, 0) is 155 Å². The predicted molar refractivity (Wildman–Crippen MR) is 375 cm³/mol. The molecule has 0 fully saturated rings. The van der Waals surface area contributed by atoms with Gasteiger partial charge in [-0.2, -0.15) is 0 Å².